The van der Waals surface area contributed by atoms with Gasteiger partial charge in [0, 0.05) is 54.6 Å². The summed E-state index contributed by atoms with van der Waals surface area (Å²) in [6, 6.07) is 1.35. The predicted molar refractivity (Wildman–Crippen MR) is 131 cm³/mol. The van der Waals surface area contributed by atoms with E-state index < -0.39 is 5.97 Å². The van der Waals surface area contributed by atoms with Gasteiger partial charge >= 0.3 is 5.97 Å². The topological polar surface area (TPSA) is 52.8 Å². The van der Waals surface area contributed by atoms with Crippen molar-refractivity contribution < 1.29 is 19.2 Å². The number of allylic oxidation sites excluding steroid dienone is 1. The Hall–Kier alpha value is -1.62. The predicted octanol–water partition coefficient (Wildman–Crippen LogP) is 4.76. The zero-order chi connectivity index (χ0) is 23.2. The van der Waals surface area contributed by atoms with Crippen LogP contribution in [0.2, 0.25) is 0 Å². The highest BCUT2D eigenvalue weighted by Gasteiger charge is 2.60. The maximum atomic E-state index is 11.4. The quantitative estimate of drug-likeness (QED) is 0.598. The van der Waals surface area contributed by atoms with Gasteiger partial charge in [-0.25, -0.2) is 4.58 Å². The molecule has 0 aromatic heterocycles. The van der Waals surface area contributed by atoms with E-state index in [4.69, 9.17) is 4.74 Å². The van der Waals surface area contributed by atoms with Crippen LogP contribution in [0.3, 0.4) is 0 Å². The van der Waals surface area contributed by atoms with Crippen LogP contribution in [0.1, 0.15) is 84.5 Å². The Kier molecular flexibility index (Phi) is 4.89. The average Bonchev–Trinajstić information content (AvgIpc) is 3.31. The van der Waals surface area contributed by atoms with E-state index in [1.165, 1.54) is 55.5 Å². The molecule has 0 bridgehead atoms. The minimum Gasteiger partial charge on any atom is -0.481 e. The number of carbonyl (C=O) groups is 1. The molecule has 0 aromatic rings. The van der Waals surface area contributed by atoms with Crippen molar-refractivity contribution in [3.05, 3.63) is 22.9 Å². The second kappa shape index (κ2) is 7.69. The summed E-state index contributed by atoms with van der Waals surface area (Å²) in [6.07, 6.45) is 15.8. The highest BCUT2D eigenvalue weighted by atomic mass is 16.5. The van der Waals surface area contributed by atoms with E-state index >= 15 is 0 Å². The molecule has 34 heavy (non-hydrogen) atoms. The molecule has 7 unspecified atom stereocenters. The molecule has 0 radical (unpaired) electrons. The Bertz CT molecular complexity index is 1010. The molecule has 1 N–H and O–H groups in total. The van der Waals surface area contributed by atoms with Gasteiger partial charge in [-0.05, 0) is 70.3 Å². The Morgan fingerprint density at radius 2 is 2.00 bits per heavy atom. The molecule has 7 aliphatic rings. The molecule has 0 aromatic carbocycles. The van der Waals surface area contributed by atoms with Gasteiger partial charge in [-0.3, -0.25) is 4.79 Å². The van der Waals surface area contributed by atoms with E-state index in [0.29, 0.717) is 30.4 Å². The van der Waals surface area contributed by atoms with Crippen LogP contribution in [0.15, 0.2) is 22.9 Å². The standard InChI is InChI=1S/C29H40N2O3/c1-29(2)21-13-17(14-27(32)33)7-8-23(21)31-12-10-26-20(28(29)31)16-19-24-15-18-5-3-4-6-22(18)30(24)11-9-25(19)34-26/h16-18,21-23,25-26H,3-15H2,1-2H3/p+1. The Labute approximate surface area is 203 Å². The van der Waals surface area contributed by atoms with E-state index in [-0.39, 0.29) is 11.5 Å². The Morgan fingerprint density at radius 3 is 2.85 bits per heavy atom. The van der Waals surface area contributed by atoms with Crippen molar-refractivity contribution in [3.8, 4) is 0 Å². The van der Waals surface area contributed by atoms with E-state index in [2.05, 4.69) is 29.4 Å². The van der Waals surface area contributed by atoms with Crippen molar-refractivity contribution in [1.82, 2.24) is 4.90 Å². The van der Waals surface area contributed by atoms with Gasteiger partial charge in [0.05, 0.1) is 17.6 Å². The summed E-state index contributed by atoms with van der Waals surface area (Å²) in [7, 11) is 0. The molecule has 5 aliphatic heterocycles. The normalized spacial score (nSPS) is 42.2. The molecule has 0 amide bonds. The molecular formula is C29H41N2O3+. The van der Waals surface area contributed by atoms with Crippen molar-refractivity contribution in [1.29, 1.82) is 0 Å². The fourth-order valence-corrected chi connectivity index (χ4v) is 9.48. The lowest BCUT2D eigenvalue weighted by Crippen LogP contribution is -2.47. The van der Waals surface area contributed by atoms with Gasteiger partial charge in [0.2, 0.25) is 0 Å². The van der Waals surface area contributed by atoms with Crippen molar-refractivity contribution in [2.75, 3.05) is 13.1 Å². The second-order valence-corrected chi connectivity index (χ2v) is 12.9. The number of ether oxygens (including phenoxy) is 1. The smallest absolute Gasteiger partial charge is 0.303 e. The second-order valence-electron chi connectivity index (χ2n) is 12.9. The number of hydrogen-bond acceptors (Lipinski definition) is 3. The first-order chi connectivity index (χ1) is 16.4. The number of aliphatic carboxylic acids is 1. The van der Waals surface area contributed by atoms with Crippen LogP contribution >= 0.6 is 0 Å². The molecular weight excluding hydrogens is 424 g/mol. The minimum absolute atomic E-state index is 0.0752. The third kappa shape index (κ3) is 3.07. The highest BCUT2D eigenvalue weighted by molar-refractivity contribution is 6.03. The van der Waals surface area contributed by atoms with Gasteiger partial charge in [-0.2, -0.15) is 0 Å². The maximum absolute atomic E-state index is 11.4. The van der Waals surface area contributed by atoms with Crippen LogP contribution in [0.25, 0.3) is 0 Å². The summed E-state index contributed by atoms with van der Waals surface area (Å²) in [5.41, 5.74) is 6.21. The molecule has 0 spiro atoms. The Balaban J connectivity index is 1.26. The van der Waals surface area contributed by atoms with Gasteiger partial charge in [-0.1, -0.05) is 12.8 Å². The molecule has 2 saturated carbocycles. The van der Waals surface area contributed by atoms with Gasteiger partial charge < -0.3 is 14.7 Å². The van der Waals surface area contributed by atoms with Crippen LogP contribution in [0.5, 0.6) is 0 Å². The van der Waals surface area contributed by atoms with Gasteiger partial charge in [0.25, 0.3) is 0 Å². The van der Waals surface area contributed by atoms with E-state index in [1.807, 2.05) is 0 Å². The first-order valence-electron chi connectivity index (χ1n) is 14.1. The third-order valence-electron chi connectivity index (χ3n) is 10.9. The molecule has 3 fully saturated rings. The number of carboxylic acids is 1. The molecule has 5 heteroatoms. The monoisotopic (exact) mass is 465 g/mol. The fraction of sp³-hybridized carbons (Fsp3) is 0.793. The fourth-order valence-electron chi connectivity index (χ4n) is 9.48. The van der Waals surface area contributed by atoms with Crippen LogP contribution < -0.4 is 0 Å². The van der Waals surface area contributed by atoms with Crippen LogP contribution in [0, 0.1) is 23.2 Å². The van der Waals surface area contributed by atoms with Crippen molar-refractivity contribution in [2.45, 2.75) is 109 Å². The lowest BCUT2D eigenvalue weighted by Gasteiger charge is -2.42. The zero-order valence-corrected chi connectivity index (χ0v) is 21.0. The van der Waals surface area contributed by atoms with Crippen LogP contribution in [-0.4, -0.2) is 63.6 Å². The lowest BCUT2D eigenvalue weighted by atomic mass is 9.64. The molecule has 5 heterocycles. The molecule has 5 nitrogen and oxygen atoms in total. The molecule has 7 atom stereocenters. The molecule has 7 rings (SSSR count). The van der Waals surface area contributed by atoms with Gasteiger partial charge in [0.1, 0.15) is 6.54 Å². The summed E-state index contributed by atoms with van der Waals surface area (Å²) >= 11 is 0. The SMILES string of the molecule is CC1(C)C2=[N+](CCC3OC4CCN5C(=C4C=C23)CC2CCCCC25)C2CCC(CC(=O)O)CC21. The van der Waals surface area contributed by atoms with Crippen LogP contribution in [-0.2, 0) is 9.53 Å². The summed E-state index contributed by atoms with van der Waals surface area (Å²) < 4.78 is 9.65. The summed E-state index contributed by atoms with van der Waals surface area (Å²) in [6.45, 7) is 7.16. The molecule has 1 saturated heterocycles. The van der Waals surface area contributed by atoms with Gasteiger partial charge in [-0.15, -0.1) is 0 Å². The van der Waals surface area contributed by atoms with Crippen molar-refractivity contribution in [3.63, 3.8) is 0 Å². The lowest BCUT2D eigenvalue weighted by molar-refractivity contribution is -0.571. The number of rotatable bonds is 2. The summed E-state index contributed by atoms with van der Waals surface area (Å²) in [5, 5.41) is 9.41. The van der Waals surface area contributed by atoms with Crippen LogP contribution in [0.4, 0.5) is 0 Å². The summed E-state index contributed by atoms with van der Waals surface area (Å²) in [5.74, 6) is 1.10. The minimum atomic E-state index is -0.633. The maximum Gasteiger partial charge on any atom is 0.303 e. The van der Waals surface area contributed by atoms with E-state index in [0.717, 1.165) is 50.6 Å². The third-order valence-corrected chi connectivity index (χ3v) is 10.9. The Morgan fingerprint density at radius 1 is 1.15 bits per heavy atom. The zero-order valence-electron chi connectivity index (χ0n) is 21.0. The first-order valence-corrected chi connectivity index (χ1v) is 14.1. The number of hydrogen-bond donors (Lipinski definition) is 1. The average molecular weight is 466 g/mol. The summed E-state index contributed by atoms with van der Waals surface area (Å²) in [4.78, 5) is 14.2. The molecule has 2 aliphatic carbocycles. The number of nitrogens with zero attached hydrogens (tertiary/aromatic N) is 2. The number of carboxylic acid groups (broad SMARTS) is 1. The largest absolute Gasteiger partial charge is 0.481 e. The highest BCUT2D eigenvalue weighted by Crippen LogP contribution is 2.53. The van der Waals surface area contributed by atoms with Crippen molar-refractivity contribution >= 4 is 11.7 Å². The first kappa shape index (κ1) is 21.6. The molecule has 184 valence electrons. The van der Waals surface area contributed by atoms with Gasteiger partial charge in [0.15, 0.2) is 11.8 Å². The van der Waals surface area contributed by atoms with E-state index in [9.17, 15) is 9.90 Å². The number of fused-ring (bicyclic) bond motifs is 8. The van der Waals surface area contributed by atoms with Crippen molar-refractivity contribution in [2.24, 2.45) is 23.2 Å². The van der Waals surface area contributed by atoms with E-state index in [1.54, 1.807) is 5.70 Å².